The van der Waals surface area contributed by atoms with Crippen molar-refractivity contribution in [1.29, 1.82) is 0 Å². The van der Waals surface area contributed by atoms with Crippen LogP contribution in [0.4, 0.5) is 0 Å². The summed E-state index contributed by atoms with van der Waals surface area (Å²) in [4.78, 5) is 11.0. The summed E-state index contributed by atoms with van der Waals surface area (Å²) < 4.78 is 4.80. The van der Waals surface area contributed by atoms with Gasteiger partial charge in [0.05, 0.1) is 6.61 Å². The Morgan fingerprint density at radius 3 is 2.64 bits per heavy atom. The molecule has 3 heteroatoms. The molecule has 0 fully saturated rings. The molecule has 11 heavy (non-hydrogen) atoms. The van der Waals surface area contributed by atoms with Crippen molar-refractivity contribution < 1.29 is 9.53 Å². The monoisotopic (exact) mass is 159 g/mol. The maximum absolute atomic E-state index is 11.0. The molecule has 0 amide bonds. The van der Waals surface area contributed by atoms with Crippen molar-refractivity contribution in [2.24, 2.45) is 0 Å². The van der Waals surface area contributed by atoms with E-state index < -0.39 is 0 Å². The molecule has 0 aromatic carbocycles. The van der Waals surface area contributed by atoms with Crippen LogP contribution in [0, 0.1) is 0 Å². The molecule has 0 saturated heterocycles. The minimum absolute atomic E-state index is 0.166. The van der Waals surface area contributed by atoms with Gasteiger partial charge in [-0.2, -0.15) is 0 Å². The summed E-state index contributed by atoms with van der Waals surface area (Å²) in [5.41, 5.74) is 0. The molecule has 0 spiro atoms. The van der Waals surface area contributed by atoms with Crippen molar-refractivity contribution in [3.8, 4) is 0 Å². The van der Waals surface area contributed by atoms with Crippen LogP contribution in [0.1, 0.15) is 27.2 Å². The molecule has 0 rings (SSSR count). The van der Waals surface area contributed by atoms with Crippen LogP contribution in [0.3, 0.4) is 0 Å². The number of nitrogens with one attached hydrogen (secondary N) is 1. The zero-order chi connectivity index (χ0) is 8.69. The lowest BCUT2D eigenvalue weighted by Gasteiger charge is -2.10. The summed E-state index contributed by atoms with van der Waals surface area (Å²) in [5.74, 6) is -0.166. The molecular formula is C8H17NO2. The van der Waals surface area contributed by atoms with Crippen LogP contribution in [0.25, 0.3) is 0 Å². The van der Waals surface area contributed by atoms with Gasteiger partial charge in [-0.15, -0.1) is 0 Å². The molecule has 0 aromatic rings. The Balaban J connectivity index is 3.46. The quantitative estimate of drug-likeness (QED) is 0.607. The molecule has 0 aliphatic rings. The third-order valence-corrected chi connectivity index (χ3v) is 1.34. The number of rotatable bonds is 5. The number of carbonyl (C=O) groups excluding carboxylic acids is 1. The van der Waals surface area contributed by atoms with E-state index in [1.807, 2.05) is 13.8 Å². The Morgan fingerprint density at radius 2 is 2.18 bits per heavy atom. The van der Waals surface area contributed by atoms with Crippen LogP contribution in [-0.2, 0) is 9.53 Å². The van der Waals surface area contributed by atoms with Crippen molar-refractivity contribution in [2.45, 2.75) is 33.2 Å². The molecule has 1 N–H and O–H groups in total. The van der Waals surface area contributed by atoms with E-state index in [0.717, 1.165) is 13.0 Å². The first kappa shape index (κ1) is 10.4. The summed E-state index contributed by atoms with van der Waals surface area (Å²) in [6.45, 7) is 7.00. The van der Waals surface area contributed by atoms with E-state index in [2.05, 4.69) is 12.2 Å². The van der Waals surface area contributed by atoms with Crippen molar-refractivity contribution >= 4 is 5.97 Å². The van der Waals surface area contributed by atoms with Gasteiger partial charge in [-0.05, 0) is 26.8 Å². The molecule has 0 aliphatic heterocycles. The molecular weight excluding hydrogens is 142 g/mol. The van der Waals surface area contributed by atoms with Gasteiger partial charge >= 0.3 is 5.97 Å². The van der Waals surface area contributed by atoms with Crippen LogP contribution in [0.2, 0.25) is 0 Å². The Labute approximate surface area is 68.1 Å². The van der Waals surface area contributed by atoms with Gasteiger partial charge in [0.25, 0.3) is 0 Å². The van der Waals surface area contributed by atoms with E-state index in [0.29, 0.717) is 6.61 Å². The van der Waals surface area contributed by atoms with Crippen LogP contribution >= 0.6 is 0 Å². The molecule has 0 aromatic heterocycles. The van der Waals surface area contributed by atoms with Crippen molar-refractivity contribution in [1.82, 2.24) is 5.32 Å². The van der Waals surface area contributed by atoms with Crippen molar-refractivity contribution in [2.75, 3.05) is 13.2 Å². The van der Waals surface area contributed by atoms with E-state index in [-0.39, 0.29) is 12.0 Å². The first-order valence-corrected chi connectivity index (χ1v) is 4.12. The second-order valence-electron chi connectivity index (χ2n) is 2.43. The number of esters is 1. The third kappa shape index (κ3) is 4.79. The lowest BCUT2D eigenvalue weighted by atomic mass is 10.3. The molecule has 0 saturated carbocycles. The van der Waals surface area contributed by atoms with E-state index in [4.69, 9.17) is 4.74 Å². The lowest BCUT2D eigenvalue weighted by molar-refractivity contribution is -0.145. The average molecular weight is 159 g/mol. The van der Waals surface area contributed by atoms with E-state index >= 15 is 0 Å². The Morgan fingerprint density at radius 1 is 1.55 bits per heavy atom. The van der Waals surface area contributed by atoms with Crippen LogP contribution < -0.4 is 5.32 Å². The van der Waals surface area contributed by atoms with Gasteiger partial charge in [0, 0.05) is 0 Å². The molecule has 0 heterocycles. The lowest BCUT2D eigenvalue weighted by Crippen LogP contribution is -2.35. The smallest absolute Gasteiger partial charge is 0.322 e. The second-order valence-corrected chi connectivity index (χ2v) is 2.43. The highest BCUT2D eigenvalue weighted by Gasteiger charge is 2.11. The van der Waals surface area contributed by atoms with Crippen molar-refractivity contribution in [3.63, 3.8) is 0 Å². The second kappa shape index (κ2) is 6.16. The van der Waals surface area contributed by atoms with Gasteiger partial charge in [-0.1, -0.05) is 6.92 Å². The maximum atomic E-state index is 11.0. The maximum Gasteiger partial charge on any atom is 0.322 e. The van der Waals surface area contributed by atoms with Crippen LogP contribution in [0.15, 0.2) is 0 Å². The zero-order valence-corrected chi connectivity index (χ0v) is 7.52. The molecule has 66 valence electrons. The molecule has 1 atom stereocenters. The van der Waals surface area contributed by atoms with Gasteiger partial charge in [-0.3, -0.25) is 4.79 Å². The number of hydrogen-bond acceptors (Lipinski definition) is 3. The highest BCUT2D eigenvalue weighted by molar-refractivity contribution is 5.75. The fourth-order valence-electron chi connectivity index (χ4n) is 0.711. The minimum atomic E-state index is -0.171. The van der Waals surface area contributed by atoms with Gasteiger partial charge in [0.2, 0.25) is 0 Å². The van der Waals surface area contributed by atoms with Gasteiger partial charge in [0.1, 0.15) is 6.04 Å². The topological polar surface area (TPSA) is 38.3 Å². The SMILES string of the molecule is CCCN[C@H](C)C(=O)OCC. The number of ether oxygens (including phenoxy) is 1. The molecule has 0 radical (unpaired) electrons. The summed E-state index contributed by atoms with van der Waals surface area (Å²) in [7, 11) is 0. The van der Waals surface area contributed by atoms with Gasteiger partial charge < -0.3 is 10.1 Å². The summed E-state index contributed by atoms with van der Waals surface area (Å²) in [6.07, 6.45) is 1.03. The summed E-state index contributed by atoms with van der Waals surface area (Å²) in [5, 5.41) is 3.04. The number of hydrogen-bond donors (Lipinski definition) is 1. The minimum Gasteiger partial charge on any atom is -0.465 e. The molecule has 0 unspecified atom stereocenters. The molecule has 0 aliphatic carbocycles. The van der Waals surface area contributed by atoms with Gasteiger partial charge in [0.15, 0.2) is 0 Å². The summed E-state index contributed by atoms with van der Waals surface area (Å²) in [6, 6.07) is -0.171. The fourth-order valence-corrected chi connectivity index (χ4v) is 0.711. The highest BCUT2D eigenvalue weighted by atomic mass is 16.5. The summed E-state index contributed by atoms with van der Waals surface area (Å²) >= 11 is 0. The Bertz CT molecular complexity index is 115. The predicted octanol–water partition coefficient (Wildman–Crippen LogP) is 0.938. The fraction of sp³-hybridized carbons (Fsp3) is 0.875. The highest BCUT2D eigenvalue weighted by Crippen LogP contribution is 1.87. The average Bonchev–Trinajstić information content (AvgIpc) is 2.00. The normalized spacial score (nSPS) is 12.6. The van der Waals surface area contributed by atoms with E-state index in [1.54, 1.807) is 0 Å². The molecule has 3 nitrogen and oxygen atoms in total. The first-order chi connectivity index (χ1) is 5.22. The number of carbonyl (C=O) groups is 1. The van der Waals surface area contributed by atoms with E-state index in [9.17, 15) is 4.79 Å². The Hall–Kier alpha value is -0.570. The predicted molar refractivity (Wildman–Crippen MR) is 44.4 cm³/mol. The standard InChI is InChI=1S/C8H17NO2/c1-4-6-9-7(3)8(10)11-5-2/h7,9H,4-6H2,1-3H3/t7-/m1/s1. The van der Waals surface area contributed by atoms with Crippen LogP contribution in [0.5, 0.6) is 0 Å². The van der Waals surface area contributed by atoms with Crippen LogP contribution in [-0.4, -0.2) is 25.2 Å². The van der Waals surface area contributed by atoms with E-state index in [1.165, 1.54) is 0 Å². The largest absolute Gasteiger partial charge is 0.465 e. The van der Waals surface area contributed by atoms with Crippen molar-refractivity contribution in [3.05, 3.63) is 0 Å². The zero-order valence-electron chi connectivity index (χ0n) is 7.52. The van der Waals surface area contributed by atoms with Gasteiger partial charge in [-0.25, -0.2) is 0 Å². The Kier molecular flexibility index (Phi) is 5.84. The third-order valence-electron chi connectivity index (χ3n) is 1.34. The molecule has 0 bridgehead atoms. The first-order valence-electron chi connectivity index (χ1n) is 4.12.